The first-order valence-electron chi connectivity index (χ1n) is 5.80. The van der Waals surface area contributed by atoms with E-state index in [1.54, 1.807) is 0 Å². The average Bonchev–Trinajstić information content (AvgIpc) is 2.23. The minimum Gasteiger partial charge on any atom is -0.370 e. The molecule has 0 saturated heterocycles. The van der Waals surface area contributed by atoms with Crippen molar-refractivity contribution in [2.24, 2.45) is 11.8 Å². The lowest BCUT2D eigenvalue weighted by Crippen LogP contribution is -2.40. The predicted octanol–water partition coefficient (Wildman–Crippen LogP) is 4.22. The van der Waals surface area contributed by atoms with Crippen molar-refractivity contribution in [1.29, 1.82) is 0 Å². The fourth-order valence-corrected chi connectivity index (χ4v) is 2.82. The molecule has 3 heteroatoms. The summed E-state index contributed by atoms with van der Waals surface area (Å²) in [5.74, 6) is 2.17. The fourth-order valence-electron chi connectivity index (χ4n) is 2.11. The number of hydrogen-bond acceptors (Lipinski definition) is 1. The third kappa shape index (κ3) is 3.90. The highest BCUT2D eigenvalue weighted by molar-refractivity contribution is 9.09. The van der Waals surface area contributed by atoms with Crippen LogP contribution in [0.5, 0.6) is 0 Å². The summed E-state index contributed by atoms with van der Waals surface area (Å²) in [6.45, 7) is 6.75. The van der Waals surface area contributed by atoms with Crippen molar-refractivity contribution in [1.82, 2.24) is 0 Å². The minimum atomic E-state index is -0.202. The van der Waals surface area contributed by atoms with Crippen molar-refractivity contribution in [3.63, 3.8) is 0 Å². The van der Waals surface area contributed by atoms with E-state index in [0.29, 0.717) is 12.0 Å². The Kier molecular flexibility index (Phi) is 5.41. The number of hydrogen-bond donors (Lipinski definition) is 0. The van der Waals surface area contributed by atoms with Crippen LogP contribution in [0, 0.1) is 11.8 Å². The van der Waals surface area contributed by atoms with Crippen molar-refractivity contribution >= 4 is 27.5 Å². The maximum Gasteiger partial charge on any atom is 0.0889 e. The summed E-state index contributed by atoms with van der Waals surface area (Å²) in [4.78, 5) is 0. The van der Waals surface area contributed by atoms with E-state index < -0.39 is 0 Å². The summed E-state index contributed by atoms with van der Waals surface area (Å²) in [6, 6.07) is 0. The third-order valence-electron chi connectivity index (χ3n) is 3.57. The lowest BCUT2D eigenvalue weighted by atomic mass is 9.80. The highest BCUT2D eigenvalue weighted by Gasteiger charge is 2.31. The molecule has 0 aromatic rings. The van der Waals surface area contributed by atoms with Gasteiger partial charge in [-0.15, -0.1) is 11.6 Å². The maximum absolute atomic E-state index is 6.12. The molecule has 0 aromatic heterocycles. The zero-order valence-corrected chi connectivity index (χ0v) is 12.3. The molecular weight excluding hydrogens is 275 g/mol. The van der Waals surface area contributed by atoms with Crippen molar-refractivity contribution in [2.45, 2.75) is 51.7 Å². The number of alkyl halides is 2. The predicted molar refractivity (Wildman–Crippen MR) is 70.0 cm³/mol. The van der Waals surface area contributed by atoms with Crippen LogP contribution in [0.15, 0.2) is 0 Å². The molecule has 4 atom stereocenters. The van der Waals surface area contributed by atoms with Crippen molar-refractivity contribution in [3.8, 4) is 0 Å². The van der Waals surface area contributed by atoms with E-state index in [4.69, 9.17) is 16.3 Å². The van der Waals surface area contributed by atoms with Crippen LogP contribution in [0.2, 0.25) is 0 Å². The Labute approximate surface area is 107 Å². The Morgan fingerprint density at radius 2 is 2.00 bits per heavy atom. The van der Waals surface area contributed by atoms with Crippen LogP contribution in [0.3, 0.4) is 0 Å². The molecule has 0 aliphatic heterocycles. The second-order valence-corrected chi connectivity index (χ2v) is 6.05. The Balaban J connectivity index is 2.45. The van der Waals surface area contributed by atoms with Crippen LogP contribution in [0.4, 0.5) is 0 Å². The maximum atomic E-state index is 6.12. The molecule has 1 aliphatic carbocycles. The van der Waals surface area contributed by atoms with Gasteiger partial charge in [-0.1, -0.05) is 29.8 Å². The molecule has 90 valence electrons. The molecule has 0 N–H and O–H groups in total. The number of halogens is 2. The Hall–Kier alpha value is 0.730. The van der Waals surface area contributed by atoms with E-state index in [-0.39, 0.29) is 5.60 Å². The summed E-state index contributed by atoms with van der Waals surface area (Å²) in [6.07, 6.45) is 4.05. The molecule has 0 spiro atoms. The van der Waals surface area contributed by atoms with Gasteiger partial charge in [0.05, 0.1) is 17.6 Å². The molecule has 1 rings (SSSR count). The molecule has 4 unspecified atom stereocenters. The largest absolute Gasteiger partial charge is 0.370 e. The molecule has 15 heavy (non-hydrogen) atoms. The molecule has 0 aromatic carbocycles. The van der Waals surface area contributed by atoms with Gasteiger partial charge in [0.15, 0.2) is 0 Å². The zero-order chi connectivity index (χ0) is 11.5. The lowest BCUT2D eigenvalue weighted by Gasteiger charge is -2.37. The van der Waals surface area contributed by atoms with E-state index in [9.17, 15) is 0 Å². The van der Waals surface area contributed by atoms with Gasteiger partial charge in [0.2, 0.25) is 0 Å². The smallest absolute Gasteiger partial charge is 0.0889 e. The van der Waals surface area contributed by atoms with Gasteiger partial charge < -0.3 is 4.74 Å². The summed E-state index contributed by atoms with van der Waals surface area (Å²) in [5.41, 5.74) is -0.202. The van der Waals surface area contributed by atoms with Gasteiger partial charge in [-0.3, -0.25) is 0 Å². The third-order valence-corrected chi connectivity index (χ3v) is 5.32. The van der Waals surface area contributed by atoms with Crippen molar-refractivity contribution in [3.05, 3.63) is 0 Å². The molecule has 0 amide bonds. The van der Waals surface area contributed by atoms with Gasteiger partial charge in [-0.2, -0.15) is 0 Å². The highest BCUT2D eigenvalue weighted by Crippen LogP contribution is 2.33. The second kappa shape index (κ2) is 5.88. The van der Waals surface area contributed by atoms with E-state index in [2.05, 4.69) is 36.7 Å². The van der Waals surface area contributed by atoms with Crippen LogP contribution >= 0.6 is 27.5 Å². The normalized spacial score (nSPS) is 36.2. The summed E-state index contributed by atoms with van der Waals surface area (Å²) < 4.78 is 6.12. The Morgan fingerprint density at radius 1 is 1.33 bits per heavy atom. The molecule has 1 nitrogen and oxygen atoms in total. The quantitative estimate of drug-likeness (QED) is 0.706. The first-order chi connectivity index (χ1) is 7.00. The van der Waals surface area contributed by atoms with Crippen LogP contribution < -0.4 is 0 Å². The molecule has 0 radical (unpaired) electrons. The van der Waals surface area contributed by atoms with Gasteiger partial charge >= 0.3 is 0 Å². The molecule has 1 saturated carbocycles. The first-order valence-corrected chi connectivity index (χ1v) is 7.46. The minimum absolute atomic E-state index is 0.202. The molecule has 0 heterocycles. The molecular formula is C12H22BrClO. The van der Waals surface area contributed by atoms with E-state index in [1.165, 1.54) is 19.3 Å². The summed E-state index contributed by atoms with van der Waals surface area (Å²) >= 11 is 9.41. The van der Waals surface area contributed by atoms with Gasteiger partial charge in [0.25, 0.3) is 0 Å². The van der Waals surface area contributed by atoms with Crippen molar-refractivity contribution < 1.29 is 4.74 Å². The first kappa shape index (κ1) is 13.8. The number of ether oxygens (including phenoxy) is 1. The van der Waals surface area contributed by atoms with Crippen molar-refractivity contribution in [2.75, 3.05) is 11.2 Å². The Morgan fingerprint density at radius 3 is 2.47 bits per heavy atom. The average molecular weight is 298 g/mol. The van der Waals surface area contributed by atoms with Crippen LogP contribution in [-0.4, -0.2) is 22.9 Å². The van der Waals surface area contributed by atoms with Crippen LogP contribution in [0.25, 0.3) is 0 Å². The van der Waals surface area contributed by atoms with Gasteiger partial charge in [0.1, 0.15) is 0 Å². The summed E-state index contributed by atoms with van der Waals surface area (Å²) in [7, 11) is 0. The highest BCUT2D eigenvalue weighted by atomic mass is 79.9. The second-order valence-electron chi connectivity index (χ2n) is 5.22. The molecule has 1 fully saturated rings. The van der Waals surface area contributed by atoms with E-state index >= 15 is 0 Å². The van der Waals surface area contributed by atoms with Gasteiger partial charge in [-0.25, -0.2) is 0 Å². The zero-order valence-electron chi connectivity index (χ0n) is 9.93. The summed E-state index contributed by atoms with van der Waals surface area (Å²) in [5, 5.41) is 0.809. The van der Waals surface area contributed by atoms with E-state index in [0.717, 1.165) is 17.2 Å². The van der Waals surface area contributed by atoms with E-state index in [1.807, 2.05) is 0 Å². The monoisotopic (exact) mass is 296 g/mol. The molecule has 0 bridgehead atoms. The van der Waals surface area contributed by atoms with Gasteiger partial charge in [-0.05, 0) is 38.0 Å². The van der Waals surface area contributed by atoms with Gasteiger partial charge in [0, 0.05) is 5.33 Å². The molecule has 1 aliphatic rings. The topological polar surface area (TPSA) is 9.23 Å². The Bertz CT molecular complexity index is 194. The fraction of sp³-hybridized carbons (Fsp3) is 1.00. The SMILES string of the molecule is CC1CCC(OC(C)(CCl)CBr)CC1C. The lowest BCUT2D eigenvalue weighted by molar-refractivity contribution is -0.0812. The van der Waals surface area contributed by atoms with Crippen LogP contribution in [0.1, 0.15) is 40.0 Å². The van der Waals surface area contributed by atoms with Crippen LogP contribution in [-0.2, 0) is 4.74 Å². The standard InChI is InChI=1S/C12H22BrClO/c1-9-4-5-11(6-10(9)2)15-12(3,7-13)8-14/h9-11H,4-8H2,1-3H3. The number of rotatable bonds is 4.